The van der Waals surface area contributed by atoms with Gasteiger partial charge in [0.25, 0.3) is 0 Å². The molecule has 3 N–H and O–H groups in total. The van der Waals surface area contributed by atoms with Crippen LogP contribution in [0.15, 0.2) is 6.07 Å². The third kappa shape index (κ3) is 2.29. The zero-order valence-corrected chi connectivity index (χ0v) is 9.47. The summed E-state index contributed by atoms with van der Waals surface area (Å²) in [7, 11) is 0. The van der Waals surface area contributed by atoms with E-state index in [1.54, 1.807) is 19.9 Å². The van der Waals surface area contributed by atoms with Crippen LogP contribution in [-0.2, 0) is 0 Å². The fourth-order valence-corrected chi connectivity index (χ4v) is 1.81. The lowest BCUT2D eigenvalue weighted by Crippen LogP contribution is -2.06. The SMILES string of the molecule is Cc1cc(C(C)CCN)c(C)c(O)c1F. The van der Waals surface area contributed by atoms with Crippen molar-refractivity contribution in [1.29, 1.82) is 0 Å². The number of phenolic OH excluding ortho intramolecular Hbond substituents is 1. The first kappa shape index (κ1) is 12.0. The molecule has 0 fully saturated rings. The van der Waals surface area contributed by atoms with Gasteiger partial charge < -0.3 is 10.8 Å². The highest BCUT2D eigenvalue weighted by Crippen LogP contribution is 2.32. The lowest BCUT2D eigenvalue weighted by Gasteiger charge is -2.16. The molecule has 0 bridgehead atoms. The lowest BCUT2D eigenvalue weighted by molar-refractivity contribution is 0.424. The van der Waals surface area contributed by atoms with Gasteiger partial charge in [-0.1, -0.05) is 13.0 Å². The fourth-order valence-electron chi connectivity index (χ4n) is 1.81. The second kappa shape index (κ2) is 4.62. The molecule has 0 aliphatic heterocycles. The maximum atomic E-state index is 13.3. The van der Waals surface area contributed by atoms with Crippen LogP contribution in [0, 0.1) is 19.7 Å². The minimum absolute atomic E-state index is 0.228. The van der Waals surface area contributed by atoms with Gasteiger partial charge in [-0.2, -0.15) is 0 Å². The molecule has 0 spiro atoms. The number of phenols is 1. The highest BCUT2D eigenvalue weighted by molar-refractivity contribution is 5.44. The minimum atomic E-state index is -0.517. The average Bonchev–Trinajstić information content (AvgIpc) is 2.20. The molecular weight excluding hydrogens is 193 g/mol. The molecular formula is C12H18FNO. The Morgan fingerprint density at radius 1 is 1.47 bits per heavy atom. The van der Waals surface area contributed by atoms with Crippen LogP contribution in [-0.4, -0.2) is 11.7 Å². The van der Waals surface area contributed by atoms with Crippen molar-refractivity contribution in [3.05, 3.63) is 28.6 Å². The maximum absolute atomic E-state index is 13.3. The monoisotopic (exact) mass is 211 g/mol. The Kier molecular flexibility index (Phi) is 3.69. The van der Waals surface area contributed by atoms with Gasteiger partial charge in [0.2, 0.25) is 0 Å². The van der Waals surface area contributed by atoms with Crippen LogP contribution >= 0.6 is 0 Å². The van der Waals surface area contributed by atoms with Crippen LogP contribution < -0.4 is 5.73 Å². The van der Waals surface area contributed by atoms with E-state index in [2.05, 4.69) is 0 Å². The van der Waals surface area contributed by atoms with E-state index in [-0.39, 0.29) is 11.7 Å². The van der Waals surface area contributed by atoms with Gasteiger partial charge in [0.1, 0.15) is 0 Å². The molecule has 0 saturated carbocycles. The maximum Gasteiger partial charge on any atom is 0.167 e. The third-order valence-corrected chi connectivity index (χ3v) is 2.84. The molecule has 0 aliphatic carbocycles. The van der Waals surface area contributed by atoms with E-state index in [1.165, 1.54) is 0 Å². The Balaban J connectivity index is 3.19. The average molecular weight is 211 g/mol. The molecule has 0 radical (unpaired) electrons. The summed E-state index contributed by atoms with van der Waals surface area (Å²) in [5, 5.41) is 9.58. The number of benzene rings is 1. The van der Waals surface area contributed by atoms with Gasteiger partial charge in [0.05, 0.1) is 0 Å². The van der Waals surface area contributed by atoms with Crippen molar-refractivity contribution in [2.24, 2.45) is 5.73 Å². The van der Waals surface area contributed by atoms with Gasteiger partial charge in [-0.05, 0) is 49.4 Å². The third-order valence-electron chi connectivity index (χ3n) is 2.84. The summed E-state index contributed by atoms with van der Waals surface area (Å²) in [4.78, 5) is 0. The summed E-state index contributed by atoms with van der Waals surface area (Å²) in [6.07, 6.45) is 0.839. The van der Waals surface area contributed by atoms with Crippen molar-refractivity contribution >= 4 is 0 Å². The van der Waals surface area contributed by atoms with E-state index in [0.717, 1.165) is 12.0 Å². The largest absolute Gasteiger partial charge is 0.505 e. The Labute approximate surface area is 89.9 Å². The van der Waals surface area contributed by atoms with Crippen LogP contribution in [0.5, 0.6) is 5.75 Å². The molecule has 2 nitrogen and oxygen atoms in total. The first-order valence-corrected chi connectivity index (χ1v) is 5.17. The minimum Gasteiger partial charge on any atom is -0.505 e. The van der Waals surface area contributed by atoms with E-state index >= 15 is 0 Å². The van der Waals surface area contributed by atoms with Gasteiger partial charge in [-0.15, -0.1) is 0 Å². The highest BCUT2D eigenvalue weighted by atomic mass is 19.1. The van der Waals surface area contributed by atoms with Crippen molar-refractivity contribution in [2.75, 3.05) is 6.54 Å². The second-order valence-corrected chi connectivity index (χ2v) is 4.05. The first-order chi connectivity index (χ1) is 6.99. The summed E-state index contributed by atoms with van der Waals surface area (Å²) in [6.45, 7) is 6.02. The topological polar surface area (TPSA) is 46.2 Å². The van der Waals surface area contributed by atoms with Crippen molar-refractivity contribution in [3.8, 4) is 5.75 Å². The summed E-state index contributed by atoms with van der Waals surface area (Å²) in [5.41, 5.74) is 7.58. The van der Waals surface area contributed by atoms with E-state index in [9.17, 15) is 9.50 Å². The normalized spacial score (nSPS) is 12.9. The Morgan fingerprint density at radius 3 is 2.60 bits per heavy atom. The predicted molar refractivity (Wildman–Crippen MR) is 59.6 cm³/mol. The summed E-state index contributed by atoms with van der Waals surface area (Å²) in [6, 6.07) is 1.80. The number of halogens is 1. The number of hydrogen-bond donors (Lipinski definition) is 2. The molecule has 0 aromatic heterocycles. The zero-order chi connectivity index (χ0) is 11.6. The molecule has 84 valence electrons. The second-order valence-electron chi connectivity index (χ2n) is 4.05. The zero-order valence-electron chi connectivity index (χ0n) is 9.47. The van der Waals surface area contributed by atoms with Crippen LogP contribution in [0.2, 0.25) is 0 Å². The molecule has 1 rings (SSSR count). The standard InChI is InChI=1S/C12H18FNO/c1-7(4-5-14)10-6-8(2)11(13)12(15)9(10)3/h6-7,15H,4-5,14H2,1-3H3. The van der Waals surface area contributed by atoms with Gasteiger partial charge in [0, 0.05) is 0 Å². The van der Waals surface area contributed by atoms with Crippen molar-refractivity contribution in [1.82, 2.24) is 0 Å². The van der Waals surface area contributed by atoms with Gasteiger partial charge in [-0.25, -0.2) is 4.39 Å². The number of aryl methyl sites for hydroxylation is 1. The number of nitrogens with two attached hydrogens (primary N) is 1. The molecule has 1 unspecified atom stereocenters. The quantitative estimate of drug-likeness (QED) is 0.807. The first-order valence-electron chi connectivity index (χ1n) is 5.17. The van der Waals surface area contributed by atoms with E-state index in [1.807, 2.05) is 6.92 Å². The molecule has 0 aliphatic rings. The Bertz CT molecular complexity index is 363. The molecule has 3 heteroatoms. The predicted octanol–water partition coefficient (Wildman–Crippen LogP) is 2.60. The Hall–Kier alpha value is -1.09. The number of aromatic hydroxyl groups is 1. The van der Waals surface area contributed by atoms with Crippen molar-refractivity contribution < 1.29 is 9.50 Å². The van der Waals surface area contributed by atoms with Crippen LogP contribution in [0.3, 0.4) is 0 Å². The molecule has 1 aromatic rings. The Morgan fingerprint density at radius 2 is 2.07 bits per heavy atom. The molecule has 0 heterocycles. The van der Waals surface area contributed by atoms with Crippen LogP contribution in [0.1, 0.15) is 36.0 Å². The van der Waals surface area contributed by atoms with Crippen molar-refractivity contribution in [3.63, 3.8) is 0 Å². The smallest absolute Gasteiger partial charge is 0.167 e. The molecule has 0 saturated heterocycles. The molecule has 1 aromatic carbocycles. The summed E-state index contributed by atoms with van der Waals surface area (Å²) in [5.74, 6) is -0.495. The lowest BCUT2D eigenvalue weighted by atomic mass is 9.91. The molecule has 15 heavy (non-hydrogen) atoms. The summed E-state index contributed by atoms with van der Waals surface area (Å²) < 4.78 is 13.3. The molecule has 0 amide bonds. The number of rotatable bonds is 3. The fraction of sp³-hybridized carbons (Fsp3) is 0.500. The highest BCUT2D eigenvalue weighted by Gasteiger charge is 2.15. The van der Waals surface area contributed by atoms with E-state index in [4.69, 9.17) is 5.73 Å². The van der Waals surface area contributed by atoms with E-state index in [0.29, 0.717) is 17.7 Å². The number of hydrogen-bond acceptors (Lipinski definition) is 2. The van der Waals surface area contributed by atoms with Gasteiger partial charge in [0.15, 0.2) is 11.6 Å². The molecule has 1 atom stereocenters. The van der Waals surface area contributed by atoms with Crippen LogP contribution in [0.4, 0.5) is 4.39 Å². The van der Waals surface area contributed by atoms with Crippen molar-refractivity contribution in [2.45, 2.75) is 33.1 Å². The van der Waals surface area contributed by atoms with Gasteiger partial charge in [-0.3, -0.25) is 0 Å². The van der Waals surface area contributed by atoms with Gasteiger partial charge >= 0.3 is 0 Å². The summed E-state index contributed by atoms with van der Waals surface area (Å²) >= 11 is 0. The van der Waals surface area contributed by atoms with Crippen LogP contribution in [0.25, 0.3) is 0 Å². The van der Waals surface area contributed by atoms with E-state index < -0.39 is 5.82 Å².